The summed E-state index contributed by atoms with van der Waals surface area (Å²) in [7, 11) is 0. The molecule has 0 unspecified atom stereocenters. The largest absolute Gasteiger partial charge is 0.353 e. The van der Waals surface area contributed by atoms with Crippen molar-refractivity contribution in [2.24, 2.45) is 0 Å². The summed E-state index contributed by atoms with van der Waals surface area (Å²) in [5.74, 6) is 2.64. The van der Waals surface area contributed by atoms with Crippen LogP contribution in [0, 0.1) is 13.8 Å². The van der Waals surface area contributed by atoms with E-state index < -0.39 is 0 Å². The molecule has 0 saturated carbocycles. The number of nitrogens with zero attached hydrogens (tertiary/aromatic N) is 5. The van der Waals surface area contributed by atoms with Crippen molar-refractivity contribution in [3.05, 3.63) is 66.0 Å². The van der Waals surface area contributed by atoms with E-state index in [-0.39, 0.29) is 0 Å². The number of nitrogens with one attached hydrogen (secondary N) is 1. The van der Waals surface area contributed by atoms with E-state index in [0.717, 1.165) is 55.1 Å². The van der Waals surface area contributed by atoms with Crippen LogP contribution in [-0.4, -0.2) is 41.1 Å². The first-order chi connectivity index (χ1) is 13.2. The van der Waals surface area contributed by atoms with Crippen LogP contribution in [0.4, 0.5) is 23.3 Å². The third kappa shape index (κ3) is 4.16. The Morgan fingerprint density at radius 2 is 1.59 bits per heavy atom. The Hall–Kier alpha value is -3.15. The first-order valence-electron chi connectivity index (χ1n) is 9.28. The van der Waals surface area contributed by atoms with Crippen LogP contribution in [0.15, 0.2) is 54.7 Å². The highest BCUT2D eigenvalue weighted by Gasteiger charge is 2.20. The van der Waals surface area contributed by atoms with Gasteiger partial charge in [-0.15, -0.1) is 0 Å². The molecule has 1 N–H and O–H groups in total. The highest BCUT2D eigenvalue weighted by molar-refractivity contribution is 5.58. The predicted molar refractivity (Wildman–Crippen MR) is 110 cm³/mol. The molecule has 1 aliphatic rings. The molecule has 1 aromatic carbocycles. The summed E-state index contributed by atoms with van der Waals surface area (Å²) < 4.78 is 0. The molecule has 0 bridgehead atoms. The van der Waals surface area contributed by atoms with Gasteiger partial charge in [0.1, 0.15) is 11.6 Å². The van der Waals surface area contributed by atoms with Gasteiger partial charge in [-0.3, -0.25) is 0 Å². The molecule has 6 nitrogen and oxygen atoms in total. The predicted octanol–water partition coefficient (Wildman–Crippen LogP) is 3.56. The summed E-state index contributed by atoms with van der Waals surface area (Å²) in [5.41, 5.74) is 3.23. The van der Waals surface area contributed by atoms with Gasteiger partial charge >= 0.3 is 0 Å². The van der Waals surface area contributed by atoms with Crippen molar-refractivity contribution in [3.8, 4) is 0 Å². The molecule has 6 heteroatoms. The minimum absolute atomic E-state index is 0.783. The lowest BCUT2D eigenvalue weighted by atomic mass is 10.2. The number of anilines is 4. The van der Waals surface area contributed by atoms with E-state index in [0.29, 0.717) is 0 Å². The molecular weight excluding hydrogens is 336 g/mol. The van der Waals surface area contributed by atoms with E-state index in [2.05, 4.69) is 62.3 Å². The lowest BCUT2D eigenvalue weighted by molar-refractivity contribution is 0.634. The monoisotopic (exact) mass is 360 g/mol. The van der Waals surface area contributed by atoms with Crippen LogP contribution in [0.1, 0.15) is 11.3 Å². The molecule has 4 rings (SSSR count). The second kappa shape index (κ2) is 7.61. The molecule has 3 aromatic rings. The maximum atomic E-state index is 4.74. The summed E-state index contributed by atoms with van der Waals surface area (Å²) in [5, 5.41) is 3.39. The SMILES string of the molecule is Cc1ccc(Nc2cc(C)nc(N3CCN(c4ccccn4)CC3)n2)cc1. The van der Waals surface area contributed by atoms with Crippen molar-refractivity contribution in [2.45, 2.75) is 13.8 Å². The average molecular weight is 360 g/mol. The highest BCUT2D eigenvalue weighted by Crippen LogP contribution is 2.21. The zero-order valence-corrected chi connectivity index (χ0v) is 15.8. The fourth-order valence-corrected chi connectivity index (χ4v) is 3.22. The van der Waals surface area contributed by atoms with Gasteiger partial charge in [0.2, 0.25) is 5.95 Å². The Morgan fingerprint density at radius 3 is 2.30 bits per heavy atom. The minimum atomic E-state index is 0.783. The lowest BCUT2D eigenvalue weighted by Crippen LogP contribution is -2.47. The molecule has 2 aromatic heterocycles. The molecule has 0 amide bonds. The van der Waals surface area contributed by atoms with Crippen LogP contribution in [0.2, 0.25) is 0 Å². The van der Waals surface area contributed by atoms with Gasteiger partial charge < -0.3 is 15.1 Å². The van der Waals surface area contributed by atoms with Crippen molar-refractivity contribution < 1.29 is 0 Å². The van der Waals surface area contributed by atoms with E-state index in [1.54, 1.807) is 0 Å². The number of pyridine rings is 1. The summed E-state index contributed by atoms with van der Waals surface area (Å²) in [6.45, 7) is 7.68. The van der Waals surface area contributed by atoms with Crippen LogP contribution in [-0.2, 0) is 0 Å². The fraction of sp³-hybridized carbons (Fsp3) is 0.286. The Kier molecular flexibility index (Phi) is 4.87. The molecule has 0 aliphatic carbocycles. The highest BCUT2D eigenvalue weighted by atomic mass is 15.3. The number of hydrogen-bond donors (Lipinski definition) is 1. The van der Waals surface area contributed by atoms with Crippen LogP contribution in [0.25, 0.3) is 0 Å². The topological polar surface area (TPSA) is 57.2 Å². The number of benzene rings is 1. The number of hydrogen-bond acceptors (Lipinski definition) is 6. The standard InChI is InChI=1S/C21H24N6/c1-16-6-8-18(9-7-16)24-19-15-17(2)23-21(25-19)27-13-11-26(12-14-27)20-5-3-4-10-22-20/h3-10,15H,11-14H2,1-2H3,(H,23,24,25). The van der Waals surface area contributed by atoms with Gasteiger partial charge in [0.05, 0.1) is 0 Å². The molecule has 1 aliphatic heterocycles. The van der Waals surface area contributed by atoms with Crippen LogP contribution >= 0.6 is 0 Å². The van der Waals surface area contributed by atoms with Gasteiger partial charge in [-0.2, -0.15) is 4.98 Å². The van der Waals surface area contributed by atoms with Crippen molar-refractivity contribution in [2.75, 3.05) is 41.3 Å². The summed E-state index contributed by atoms with van der Waals surface area (Å²) in [4.78, 5) is 18.4. The number of rotatable bonds is 4. The molecule has 0 radical (unpaired) electrons. The summed E-state index contributed by atoms with van der Waals surface area (Å²) >= 11 is 0. The average Bonchev–Trinajstić information content (AvgIpc) is 2.70. The van der Waals surface area contributed by atoms with Gasteiger partial charge in [-0.05, 0) is 38.1 Å². The van der Waals surface area contributed by atoms with E-state index in [9.17, 15) is 0 Å². The van der Waals surface area contributed by atoms with E-state index in [1.807, 2.05) is 31.3 Å². The molecule has 27 heavy (non-hydrogen) atoms. The van der Waals surface area contributed by atoms with Crippen molar-refractivity contribution in [1.29, 1.82) is 0 Å². The van der Waals surface area contributed by atoms with Crippen molar-refractivity contribution in [3.63, 3.8) is 0 Å². The van der Waals surface area contributed by atoms with Gasteiger partial charge in [0, 0.05) is 49.8 Å². The molecule has 1 fully saturated rings. The maximum absolute atomic E-state index is 4.74. The van der Waals surface area contributed by atoms with Crippen molar-refractivity contribution >= 4 is 23.3 Å². The Morgan fingerprint density at radius 1 is 0.852 bits per heavy atom. The zero-order valence-electron chi connectivity index (χ0n) is 15.8. The van der Waals surface area contributed by atoms with Gasteiger partial charge in [-0.1, -0.05) is 23.8 Å². The second-order valence-corrected chi connectivity index (χ2v) is 6.85. The van der Waals surface area contributed by atoms with Crippen molar-refractivity contribution in [1.82, 2.24) is 15.0 Å². The van der Waals surface area contributed by atoms with E-state index in [4.69, 9.17) is 4.98 Å². The van der Waals surface area contributed by atoms with Gasteiger partial charge in [0.25, 0.3) is 0 Å². The Labute approximate surface area is 159 Å². The maximum Gasteiger partial charge on any atom is 0.227 e. The second-order valence-electron chi connectivity index (χ2n) is 6.85. The molecule has 3 heterocycles. The van der Waals surface area contributed by atoms with Gasteiger partial charge in [-0.25, -0.2) is 9.97 Å². The summed E-state index contributed by atoms with van der Waals surface area (Å²) in [6, 6.07) is 16.3. The smallest absolute Gasteiger partial charge is 0.227 e. The van der Waals surface area contributed by atoms with Gasteiger partial charge in [0.15, 0.2) is 0 Å². The van der Waals surface area contributed by atoms with E-state index in [1.165, 1.54) is 5.56 Å². The third-order valence-electron chi connectivity index (χ3n) is 4.70. The number of aromatic nitrogens is 3. The number of piperazine rings is 1. The molecule has 0 spiro atoms. The zero-order chi connectivity index (χ0) is 18.6. The Bertz CT molecular complexity index is 886. The normalized spacial score (nSPS) is 14.3. The first kappa shape index (κ1) is 17.3. The fourth-order valence-electron chi connectivity index (χ4n) is 3.22. The van der Waals surface area contributed by atoms with E-state index >= 15 is 0 Å². The molecule has 1 saturated heterocycles. The molecular formula is C21H24N6. The van der Waals surface area contributed by atoms with Crippen LogP contribution in [0.5, 0.6) is 0 Å². The number of aryl methyl sites for hydroxylation is 2. The minimum Gasteiger partial charge on any atom is -0.353 e. The quantitative estimate of drug-likeness (QED) is 0.768. The Balaban J connectivity index is 1.46. The third-order valence-corrected chi connectivity index (χ3v) is 4.70. The van der Waals surface area contributed by atoms with Crippen LogP contribution < -0.4 is 15.1 Å². The molecule has 138 valence electrons. The first-order valence-corrected chi connectivity index (χ1v) is 9.28. The summed E-state index contributed by atoms with van der Waals surface area (Å²) in [6.07, 6.45) is 1.84. The van der Waals surface area contributed by atoms with Crippen LogP contribution in [0.3, 0.4) is 0 Å². The lowest BCUT2D eigenvalue weighted by Gasteiger charge is -2.35. The molecule has 0 atom stereocenters.